The molecule has 18 heavy (non-hydrogen) atoms. The van der Waals surface area contributed by atoms with E-state index < -0.39 is 5.97 Å². The van der Waals surface area contributed by atoms with Gasteiger partial charge in [0.05, 0.1) is 19.3 Å². The van der Waals surface area contributed by atoms with Gasteiger partial charge in [-0.25, -0.2) is 0 Å². The van der Waals surface area contributed by atoms with E-state index in [2.05, 4.69) is 47.8 Å². The summed E-state index contributed by atoms with van der Waals surface area (Å²) < 4.78 is 7.09. The third-order valence-electron chi connectivity index (χ3n) is 1.97. The Hall–Kier alpha value is 0.0800. The van der Waals surface area contributed by atoms with Gasteiger partial charge in [-0.2, -0.15) is 0 Å². The first-order valence-corrected chi connectivity index (χ1v) is 8.12. The van der Waals surface area contributed by atoms with E-state index in [-0.39, 0.29) is 12.5 Å². The van der Waals surface area contributed by atoms with Crippen LogP contribution in [0.3, 0.4) is 0 Å². The van der Waals surface area contributed by atoms with Crippen LogP contribution in [-0.2, 0) is 9.53 Å². The number of hydrogen-bond acceptors (Lipinski definition) is 4. The highest BCUT2D eigenvalue weighted by atomic mass is 79.9. The van der Waals surface area contributed by atoms with Gasteiger partial charge in [0.1, 0.15) is 11.4 Å². The molecule has 1 amide bonds. The van der Waals surface area contributed by atoms with E-state index in [0.717, 1.165) is 8.26 Å². The first kappa shape index (κ1) is 16.1. The number of rotatable bonds is 4. The van der Waals surface area contributed by atoms with E-state index in [1.54, 1.807) is 14.0 Å². The Morgan fingerprint density at radius 2 is 1.89 bits per heavy atom. The number of thiophene rings is 1. The molecule has 0 saturated heterocycles. The molecule has 0 spiro atoms. The van der Waals surface area contributed by atoms with Gasteiger partial charge >= 0.3 is 5.97 Å². The maximum Gasteiger partial charge on any atom is 0.325 e. The lowest BCUT2D eigenvalue weighted by Crippen LogP contribution is -2.32. The predicted molar refractivity (Wildman–Crippen MR) is 81.0 cm³/mol. The lowest BCUT2D eigenvalue weighted by Gasteiger charge is -2.15. The Bertz CT molecular complexity index is 475. The fraction of sp³-hybridized carbons (Fsp3) is 0.400. The third kappa shape index (κ3) is 3.79. The Kier molecular flexibility index (Phi) is 6.29. The molecule has 1 aromatic heterocycles. The molecule has 100 valence electrons. The number of halogens is 3. The van der Waals surface area contributed by atoms with Crippen LogP contribution in [0, 0.1) is 0 Å². The van der Waals surface area contributed by atoms with Gasteiger partial charge in [0, 0.05) is 7.05 Å². The lowest BCUT2D eigenvalue weighted by molar-refractivity contribution is -0.143. The minimum atomic E-state index is -0.417. The smallest absolute Gasteiger partial charge is 0.325 e. The zero-order valence-corrected chi connectivity index (χ0v) is 15.2. The fourth-order valence-electron chi connectivity index (χ4n) is 1.15. The summed E-state index contributed by atoms with van der Waals surface area (Å²) in [7, 11) is 1.56. The van der Waals surface area contributed by atoms with Crippen LogP contribution in [0.4, 0.5) is 0 Å². The quantitative estimate of drug-likeness (QED) is 0.640. The second-order valence-electron chi connectivity index (χ2n) is 3.30. The average Bonchev–Trinajstić information content (AvgIpc) is 2.56. The Morgan fingerprint density at radius 3 is 2.33 bits per heavy atom. The van der Waals surface area contributed by atoms with Crippen LogP contribution in [0.1, 0.15) is 16.6 Å². The largest absolute Gasteiger partial charge is 0.465 e. The number of hydrogen-bond donors (Lipinski definition) is 0. The van der Waals surface area contributed by atoms with Crippen molar-refractivity contribution >= 4 is 71.0 Å². The van der Waals surface area contributed by atoms with Gasteiger partial charge in [-0.05, 0) is 54.7 Å². The van der Waals surface area contributed by atoms with Crippen LogP contribution in [0.15, 0.2) is 12.7 Å². The number of ether oxygens (including phenoxy) is 1. The van der Waals surface area contributed by atoms with Gasteiger partial charge in [0.2, 0.25) is 0 Å². The molecular formula is C10H10Br3NO3S. The molecule has 0 aliphatic carbocycles. The topological polar surface area (TPSA) is 46.6 Å². The summed E-state index contributed by atoms with van der Waals surface area (Å²) >= 11 is 11.3. The maximum atomic E-state index is 12.1. The summed E-state index contributed by atoms with van der Waals surface area (Å²) in [6.45, 7) is 1.97. The van der Waals surface area contributed by atoms with E-state index in [4.69, 9.17) is 4.74 Å². The first-order chi connectivity index (χ1) is 8.38. The molecule has 0 bridgehead atoms. The highest BCUT2D eigenvalue weighted by Crippen LogP contribution is 2.41. The molecule has 8 heteroatoms. The molecular weight excluding hydrogens is 454 g/mol. The highest BCUT2D eigenvalue weighted by Gasteiger charge is 2.23. The number of likely N-dealkylation sites (N-methyl/N-ethyl adjacent to an activating group) is 1. The van der Waals surface area contributed by atoms with E-state index in [0.29, 0.717) is 16.0 Å². The molecule has 0 atom stereocenters. The molecule has 1 rings (SSSR count). The Balaban J connectivity index is 2.80. The van der Waals surface area contributed by atoms with Gasteiger partial charge in [-0.1, -0.05) is 0 Å². The first-order valence-electron chi connectivity index (χ1n) is 4.92. The number of nitrogens with zero attached hydrogens (tertiary/aromatic N) is 1. The second-order valence-corrected chi connectivity index (χ2v) is 7.22. The summed E-state index contributed by atoms with van der Waals surface area (Å²) in [5, 5.41) is 0. The minimum absolute atomic E-state index is 0.0632. The minimum Gasteiger partial charge on any atom is -0.465 e. The summed E-state index contributed by atoms with van der Waals surface area (Å²) in [5.74, 6) is -0.648. The van der Waals surface area contributed by atoms with Gasteiger partial charge in [-0.15, -0.1) is 11.3 Å². The third-order valence-corrected chi connectivity index (χ3v) is 6.99. The van der Waals surface area contributed by atoms with Crippen LogP contribution < -0.4 is 0 Å². The maximum absolute atomic E-state index is 12.1. The van der Waals surface area contributed by atoms with Gasteiger partial charge < -0.3 is 9.64 Å². The molecule has 1 aromatic rings. The zero-order valence-electron chi connectivity index (χ0n) is 9.63. The molecule has 1 heterocycles. The Morgan fingerprint density at radius 1 is 1.28 bits per heavy atom. The molecule has 0 saturated carbocycles. The summed E-state index contributed by atoms with van der Waals surface area (Å²) in [6, 6.07) is 0. The van der Waals surface area contributed by atoms with Crippen molar-refractivity contribution in [3.05, 3.63) is 17.6 Å². The molecule has 0 radical (unpaired) electrons. The van der Waals surface area contributed by atoms with E-state index in [9.17, 15) is 9.59 Å². The highest BCUT2D eigenvalue weighted by molar-refractivity contribution is 9.14. The molecule has 0 aliphatic heterocycles. The van der Waals surface area contributed by atoms with Gasteiger partial charge in [0.25, 0.3) is 5.91 Å². The van der Waals surface area contributed by atoms with Crippen LogP contribution in [-0.4, -0.2) is 37.0 Å². The number of esters is 1. The van der Waals surface area contributed by atoms with E-state index in [1.165, 1.54) is 16.2 Å². The molecule has 0 aliphatic rings. The summed E-state index contributed by atoms with van der Waals surface area (Å²) in [6.07, 6.45) is 0. The van der Waals surface area contributed by atoms with Crippen molar-refractivity contribution in [2.45, 2.75) is 6.92 Å². The standard InChI is InChI=1S/C10H10Br3NO3S/c1-3-17-5(15)4-14(2)10(16)8-6(11)7(12)9(13)18-8/h3-4H2,1-2H3. The van der Waals surface area contributed by atoms with Crippen LogP contribution in [0.5, 0.6) is 0 Å². The van der Waals surface area contributed by atoms with E-state index >= 15 is 0 Å². The molecule has 0 unspecified atom stereocenters. The SMILES string of the molecule is CCOC(=O)CN(C)C(=O)c1sc(Br)c(Br)c1Br. The summed E-state index contributed by atoms with van der Waals surface area (Å²) in [4.78, 5) is 25.3. The summed E-state index contributed by atoms with van der Waals surface area (Å²) in [5.41, 5.74) is 0. The normalized spacial score (nSPS) is 10.3. The average molecular weight is 464 g/mol. The van der Waals surface area contributed by atoms with Crippen LogP contribution in [0.2, 0.25) is 0 Å². The number of carbonyl (C=O) groups is 2. The van der Waals surface area contributed by atoms with Crippen molar-refractivity contribution < 1.29 is 14.3 Å². The van der Waals surface area contributed by atoms with Crippen LogP contribution in [0.25, 0.3) is 0 Å². The number of amides is 1. The molecule has 4 nitrogen and oxygen atoms in total. The van der Waals surface area contributed by atoms with Crippen molar-refractivity contribution in [2.75, 3.05) is 20.2 Å². The molecule has 0 N–H and O–H groups in total. The van der Waals surface area contributed by atoms with Gasteiger partial charge in [-0.3, -0.25) is 9.59 Å². The van der Waals surface area contributed by atoms with Crippen molar-refractivity contribution in [3.8, 4) is 0 Å². The van der Waals surface area contributed by atoms with Crippen LogP contribution >= 0.6 is 59.1 Å². The number of carbonyl (C=O) groups excluding carboxylic acids is 2. The molecule has 0 fully saturated rings. The Labute approximate surface area is 134 Å². The van der Waals surface area contributed by atoms with E-state index in [1.807, 2.05) is 0 Å². The van der Waals surface area contributed by atoms with Gasteiger partial charge in [0.15, 0.2) is 0 Å². The second kappa shape index (κ2) is 7.02. The lowest BCUT2D eigenvalue weighted by atomic mass is 10.4. The zero-order chi connectivity index (χ0) is 13.9. The monoisotopic (exact) mass is 461 g/mol. The van der Waals surface area contributed by atoms with Crippen molar-refractivity contribution in [1.29, 1.82) is 0 Å². The van der Waals surface area contributed by atoms with Crippen molar-refractivity contribution in [3.63, 3.8) is 0 Å². The molecule has 0 aromatic carbocycles. The predicted octanol–water partition coefficient (Wildman–Crippen LogP) is 3.67. The van der Waals surface area contributed by atoms with Crippen molar-refractivity contribution in [2.24, 2.45) is 0 Å². The van der Waals surface area contributed by atoms with Crippen molar-refractivity contribution in [1.82, 2.24) is 4.90 Å². The fourth-order valence-corrected chi connectivity index (χ4v) is 4.22.